The van der Waals surface area contributed by atoms with Crippen LogP contribution in [-0.2, 0) is 10.9 Å². The second-order valence-electron chi connectivity index (χ2n) is 3.11. The van der Waals surface area contributed by atoms with Gasteiger partial charge in [-0.2, -0.15) is 13.2 Å². The molecule has 0 aliphatic carbocycles. The SMILES string of the molecule is COCCNc1cc(Br)ccc1C(F)(F)F. The van der Waals surface area contributed by atoms with Gasteiger partial charge >= 0.3 is 6.18 Å². The molecule has 0 saturated heterocycles. The van der Waals surface area contributed by atoms with Crippen LogP contribution in [0.3, 0.4) is 0 Å². The van der Waals surface area contributed by atoms with Crippen molar-refractivity contribution < 1.29 is 17.9 Å². The van der Waals surface area contributed by atoms with Crippen LogP contribution in [0.25, 0.3) is 0 Å². The van der Waals surface area contributed by atoms with E-state index in [2.05, 4.69) is 21.2 Å². The Morgan fingerprint density at radius 1 is 1.38 bits per heavy atom. The van der Waals surface area contributed by atoms with Gasteiger partial charge in [0, 0.05) is 23.8 Å². The molecule has 0 aliphatic heterocycles. The molecule has 0 bridgehead atoms. The molecule has 0 spiro atoms. The van der Waals surface area contributed by atoms with Crippen LogP contribution < -0.4 is 5.32 Å². The maximum Gasteiger partial charge on any atom is 0.418 e. The van der Waals surface area contributed by atoms with E-state index >= 15 is 0 Å². The molecule has 1 aromatic rings. The average molecular weight is 298 g/mol. The van der Waals surface area contributed by atoms with Gasteiger partial charge in [0.05, 0.1) is 12.2 Å². The molecule has 0 radical (unpaired) electrons. The van der Waals surface area contributed by atoms with Gasteiger partial charge in [-0.3, -0.25) is 0 Å². The topological polar surface area (TPSA) is 21.3 Å². The summed E-state index contributed by atoms with van der Waals surface area (Å²) in [6.45, 7) is 0.680. The maximum atomic E-state index is 12.6. The van der Waals surface area contributed by atoms with Crippen molar-refractivity contribution in [3.8, 4) is 0 Å². The van der Waals surface area contributed by atoms with Crippen molar-refractivity contribution in [3.05, 3.63) is 28.2 Å². The Bertz CT molecular complexity index is 354. The summed E-state index contributed by atoms with van der Waals surface area (Å²) in [5.74, 6) is 0. The fourth-order valence-corrected chi connectivity index (χ4v) is 1.56. The van der Waals surface area contributed by atoms with Gasteiger partial charge < -0.3 is 10.1 Å². The Morgan fingerprint density at radius 3 is 2.62 bits per heavy atom. The first-order valence-electron chi connectivity index (χ1n) is 4.54. The molecule has 0 aromatic heterocycles. The largest absolute Gasteiger partial charge is 0.418 e. The molecule has 16 heavy (non-hydrogen) atoms. The molecule has 6 heteroatoms. The van der Waals surface area contributed by atoms with Crippen LogP contribution >= 0.6 is 15.9 Å². The summed E-state index contributed by atoms with van der Waals surface area (Å²) in [6.07, 6.45) is -4.35. The molecule has 0 atom stereocenters. The quantitative estimate of drug-likeness (QED) is 0.859. The summed E-state index contributed by atoms with van der Waals surface area (Å²) in [6, 6.07) is 3.81. The highest BCUT2D eigenvalue weighted by Crippen LogP contribution is 2.36. The molecular weight excluding hydrogens is 287 g/mol. The summed E-state index contributed by atoms with van der Waals surface area (Å²) in [4.78, 5) is 0. The highest BCUT2D eigenvalue weighted by molar-refractivity contribution is 9.10. The first kappa shape index (κ1) is 13.3. The van der Waals surface area contributed by atoms with E-state index < -0.39 is 11.7 Å². The lowest BCUT2D eigenvalue weighted by Gasteiger charge is -2.14. The number of nitrogens with one attached hydrogen (secondary N) is 1. The summed E-state index contributed by atoms with van der Waals surface area (Å²) in [5, 5.41) is 2.69. The van der Waals surface area contributed by atoms with Crippen LogP contribution in [0.1, 0.15) is 5.56 Å². The number of benzene rings is 1. The fraction of sp³-hybridized carbons (Fsp3) is 0.400. The van der Waals surface area contributed by atoms with E-state index in [4.69, 9.17) is 4.74 Å². The molecule has 0 aliphatic rings. The number of halogens is 4. The van der Waals surface area contributed by atoms with Crippen LogP contribution in [0.15, 0.2) is 22.7 Å². The highest BCUT2D eigenvalue weighted by Gasteiger charge is 2.33. The third kappa shape index (κ3) is 3.68. The van der Waals surface area contributed by atoms with Crippen molar-refractivity contribution in [2.75, 3.05) is 25.6 Å². The van der Waals surface area contributed by atoms with Crippen molar-refractivity contribution in [1.82, 2.24) is 0 Å². The number of rotatable bonds is 4. The Kier molecular flexibility index (Phi) is 4.61. The van der Waals surface area contributed by atoms with Gasteiger partial charge in [-0.15, -0.1) is 0 Å². The second kappa shape index (κ2) is 5.54. The monoisotopic (exact) mass is 297 g/mol. The molecule has 1 N–H and O–H groups in total. The summed E-state index contributed by atoms with van der Waals surface area (Å²) >= 11 is 3.13. The van der Waals surface area contributed by atoms with Crippen molar-refractivity contribution in [2.24, 2.45) is 0 Å². The molecule has 2 nitrogen and oxygen atoms in total. The van der Waals surface area contributed by atoms with E-state index in [1.165, 1.54) is 19.2 Å². The molecule has 1 rings (SSSR count). The van der Waals surface area contributed by atoms with Gasteiger partial charge in [0.15, 0.2) is 0 Å². The van der Waals surface area contributed by atoms with Crippen LogP contribution in [0, 0.1) is 0 Å². The predicted molar refractivity (Wildman–Crippen MR) is 59.5 cm³/mol. The number of methoxy groups -OCH3 is 1. The summed E-state index contributed by atoms with van der Waals surface area (Å²) in [5.41, 5.74) is -0.620. The van der Waals surface area contributed by atoms with Crippen molar-refractivity contribution in [1.29, 1.82) is 0 Å². The van der Waals surface area contributed by atoms with Gasteiger partial charge in [-0.25, -0.2) is 0 Å². The summed E-state index contributed by atoms with van der Waals surface area (Å²) < 4.78 is 43.2. The van der Waals surface area contributed by atoms with E-state index in [0.717, 1.165) is 6.07 Å². The van der Waals surface area contributed by atoms with E-state index in [1.54, 1.807) is 0 Å². The lowest BCUT2D eigenvalue weighted by Crippen LogP contribution is -2.13. The van der Waals surface area contributed by atoms with Crippen LogP contribution in [-0.4, -0.2) is 20.3 Å². The van der Waals surface area contributed by atoms with E-state index in [9.17, 15) is 13.2 Å². The Morgan fingerprint density at radius 2 is 2.06 bits per heavy atom. The Hall–Kier alpha value is -0.750. The average Bonchev–Trinajstić information content (AvgIpc) is 2.16. The first-order chi connectivity index (χ1) is 7.45. The van der Waals surface area contributed by atoms with Gasteiger partial charge in [0.25, 0.3) is 0 Å². The van der Waals surface area contributed by atoms with Gasteiger partial charge in [0.2, 0.25) is 0 Å². The molecule has 1 aromatic carbocycles. The van der Waals surface area contributed by atoms with Crippen LogP contribution in [0.4, 0.5) is 18.9 Å². The van der Waals surface area contributed by atoms with Crippen molar-refractivity contribution in [2.45, 2.75) is 6.18 Å². The van der Waals surface area contributed by atoms with Gasteiger partial charge in [-0.1, -0.05) is 15.9 Å². The number of hydrogen-bond donors (Lipinski definition) is 1. The van der Waals surface area contributed by atoms with Crippen molar-refractivity contribution in [3.63, 3.8) is 0 Å². The minimum absolute atomic E-state index is 0.0546. The zero-order valence-corrected chi connectivity index (χ0v) is 10.2. The molecular formula is C10H11BrF3NO. The van der Waals surface area contributed by atoms with Gasteiger partial charge in [0.1, 0.15) is 0 Å². The minimum atomic E-state index is -4.35. The van der Waals surface area contributed by atoms with Crippen LogP contribution in [0.2, 0.25) is 0 Å². The minimum Gasteiger partial charge on any atom is -0.383 e. The zero-order chi connectivity index (χ0) is 12.2. The maximum absolute atomic E-state index is 12.6. The number of ether oxygens (including phenoxy) is 1. The standard InChI is InChI=1S/C10H11BrF3NO/c1-16-5-4-15-9-6-7(11)2-3-8(9)10(12,13)14/h2-3,6,15H,4-5H2,1H3. The second-order valence-corrected chi connectivity index (χ2v) is 4.02. The third-order valence-electron chi connectivity index (χ3n) is 1.91. The Balaban J connectivity index is 2.90. The first-order valence-corrected chi connectivity index (χ1v) is 5.34. The molecule has 0 saturated carbocycles. The predicted octanol–water partition coefficient (Wildman–Crippen LogP) is 3.53. The molecule has 0 unspecified atom stereocenters. The number of hydrogen-bond acceptors (Lipinski definition) is 2. The number of anilines is 1. The normalized spacial score (nSPS) is 11.6. The number of alkyl halides is 3. The van der Waals surface area contributed by atoms with E-state index in [-0.39, 0.29) is 5.69 Å². The lowest BCUT2D eigenvalue weighted by molar-refractivity contribution is -0.137. The van der Waals surface area contributed by atoms with E-state index in [1.807, 2.05) is 0 Å². The van der Waals surface area contributed by atoms with Crippen molar-refractivity contribution >= 4 is 21.6 Å². The highest BCUT2D eigenvalue weighted by atomic mass is 79.9. The smallest absolute Gasteiger partial charge is 0.383 e. The zero-order valence-electron chi connectivity index (χ0n) is 8.57. The molecule has 0 heterocycles. The fourth-order valence-electron chi connectivity index (χ4n) is 1.20. The summed E-state index contributed by atoms with van der Waals surface area (Å²) in [7, 11) is 1.49. The Labute approximate surface area is 99.9 Å². The lowest BCUT2D eigenvalue weighted by atomic mass is 10.1. The van der Waals surface area contributed by atoms with Gasteiger partial charge in [-0.05, 0) is 18.2 Å². The molecule has 90 valence electrons. The van der Waals surface area contributed by atoms with E-state index in [0.29, 0.717) is 17.6 Å². The third-order valence-corrected chi connectivity index (χ3v) is 2.40. The van der Waals surface area contributed by atoms with Crippen LogP contribution in [0.5, 0.6) is 0 Å². The molecule has 0 amide bonds. The molecule has 0 fully saturated rings.